The third-order valence-electron chi connectivity index (χ3n) is 6.05. The molecule has 0 aromatic carbocycles. The molecule has 7 heteroatoms. The van der Waals surface area contributed by atoms with E-state index in [1.807, 2.05) is 14.1 Å². The van der Waals surface area contributed by atoms with Crippen LogP contribution in [0, 0.1) is 0 Å². The standard InChI is InChI=1S/C22H24N6.Pd/c1-21(2)15-9-7-13(23-15)19-25-17(11-27(19)5)22(3,4)18-12-28(6)20(26-18)14-8-10-16(21)24-14;/h7-12H,1-6H3;/q-2;+2. The Hall–Kier alpha value is -2.36. The van der Waals surface area contributed by atoms with Gasteiger partial charge in [-0.3, -0.25) is 0 Å². The van der Waals surface area contributed by atoms with Crippen LogP contribution < -0.4 is 9.97 Å². The minimum atomic E-state index is -0.333. The molecular formula is C22H24N6Pd. The van der Waals surface area contributed by atoms with Crippen LogP contribution >= 0.6 is 0 Å². The maximum absolute atomic E-state index is 4.96. The van der Waals surface area contributed by atoms with Gasteiger partial charge in [-0.15, -0.1) is 0 Å². The van der Waals surface area contributed by atoms with Crippen LogP contribution in [0.2, 0.25) is 0 Å². The summed E-state index contributed by atoms with van der Waals surface area (Å²) in [5.74, 6) is 1.74. The predicted octanol–water partition coefficient (Wildman–Crippen LogP) is 3.36. The summed E-state index contributed by atoms with van der Waals surface area (Å²) in [6.45, 7) is 8.64. The number of aryl methyl sites for hydroxylation is 2. The molecule has 0 spiro atoms. The molecule has 8 bridgehead atoms. The molecule has 0 saturated carbocycles. The maximum Gasteiger partial charge on any atom is 2.00 e. The molecule has 0 fully saturated rings. The van der Waals surface area contributed by atoms with Crippen LogP contribution in [0.4, 0.5) is 0 Å². The van der Waals surface area contributed by atoms with Gasteiger partial charge in [0.15, 0.2) is 0 Å². The number of imidazole rings is 2. The van der Waals surface area contributed by atoms with Crippen LogP contribution in [-0.2, 0) is 45.3 Å². The third-order valence-corrected chi connectivity index (χ3v) is 6.05. The van der Waals surface area contributed by atoms with Gasteiger partial charge in [-0.25, -0.2) is 9.97 Å². The van der Waals surface area contributed by atoms with E-state index in [0.717, 1.165) is 45.8 Å². The predicted molar refractivity (Wildman–Crippen MR) is 108 cm³/mol. The van der Waals surface area contributed by atoms with Crippen molar-refractivity contribution in [1.82, 2.24) is 29.1 Å². The Kier molecular flexibility index (Phi) is 4.34. The summed E-state index contributed by atoms with van der Waals surface area (Å²) >= 11 is 0. The molecule has 29 heavy (non-hydrogen) atoms. The van der Waals surface area contributed by atoms with Gasteiger partial charge < -0.3 is 19.1 Å². The van der Waals surface area contributed by atoms with Gasteiger partial charge in [-0.05, 0) is 19.3 Å². The van der Waals surface area contributed by atoms with E-state index in [1.54, 1.807) is 0 Å². The quantitative estimate of drug-likeness (QED) is 0.364. The van der Waals surface area contributed by atoms with Crippen LogP contribution in [0.1, 0.15) is 50.5 Å². The van der Waals surface area contributed by atoms with Crippen LogP contribution in [-0.4, -0.2) is 19.1 Å². The molecular weight excluding hydrogens is 455 g/mol. The first-order valence-electron chi connectivity index (χ1n) is 9.55. The van der Waals surface area contributed by atoms with E-state index in [0.29, 0.717) is 0 Å². The van der Waals surface area contributed by atoms with E-state index in [1.165, 1.54) is 0 Å². The molecule has 5 heterocycles. The molecule has 0 atom stereocenters. The van der Waals surface area contributed by atoms with Gasteiger partial charge in [-0.2, -0.15) is 11.4 Å². The smallest absolute Gasteiger partial charge is 0.658 e. The first-order valence-corrected chi connectivity index (χ1v) is 9.55. The van der Waals surface area contributed by atoms with Gasteiger partial charge in [0.05, 0.1) is 16.8 Å². The number of aromatic nitrogens is 6. The fraction of sp³-hybridized carbons (Fsp3) is 0.364. The van der Waals surface area contributed by atoms with Crippen molar-refractivity contribution in [3.8, 4) is 23.0 Å². The van der Waals surface area contributed by atoms with Crippen molar-refractivity contribution in [2.24, 2.45) is 14.1 Å². The van der Waals surface area contributed by atoms with E-state index in [4.69, 9.17) is 19.9 Å². The molecule has 152 valence electrons. The molecule has 0 unspecified atom stereocenters. The minimum absolute atomic E-state index is 0. The zero-order chi connectivity index (χ0) is 19.8. The molecule has 6 nitrogen and oxygen atoms in total. The summed E-state index contributed by atoms with van der Waals surface area (Å²) in [6, 6.07) is 8.28. The Balaban J connectivity index is 0.00000205. The van der Waals surface area contributed by atoms with Gasteiger partial charge in [0, 0.05) is 26.5 Å². The second-order valence-electron chi connectivity index (χ2n) is 8.80. The average molecular weight is 479 g/mol. The Bertz CT molecular complexity index is 1110. The SMILES string of the molecule is Cn1cc2nc1-c1ccc([n-]1)C(C)(C)c1ccc([n-]1)-c1nc(cn1C)C2(C)C.[Pd+2]. The summed E-state index contributed by atoms with van der Waals surface area (Å²) in [5.41, 5.74) is 5.08. The monoisotopic (exact) mass is 478 g/mol. The van der Waals surface area contributed by atoms with Crippen molar-refractivity contribution in [1.29, 1.82) is 0 Å². The Morgan fingerprint density at radius 2 is 1.10 bits per heavy atom. The molecule has 1 aliphatic rings. The van der Waals surface area contributed by atoms with Gasteiger partial charge >= 0.3 is 20.4 Å². The third kappa shape index (κ3) is 2.79. The molecule has 0 N–H and O–H groups in total. The molecule has 0 radical (unpaired) electrons. The van der Waals surface area contributed by atoms with Crippen LogP contribution in [0.15, 0.2) is 36.7 Å². The molecule has 5 rings (SSSR count). The van der Waals surface area contributed by atoms with Crippen LogP contribution in [0.3, 0.4) is 0 Å². The van der Waals surface area contributed by atoms with Gasteiger partial charge in [-0.1, -0.05) is 49.5 Å². The Morgan fingerprint density at radius 3 is 1.52 bits per heavy atom. The Labute approximate surface area is 184 Å². The van der Waals surface area contributed by atoms with Crippen molar-refractivity contribution in [3.63, 3.8) is 0 Å². The number of hydrogen-bond donors (Lipinski definition) is 0. The van der Waals surface area contributed by atoms with Crippen LogP contribution in [0.25, 0.3) is 23.0 Å². The fourth-order valence-electron chi connectivity index (χ4n) is 3.94. The topological polar surface area (TPSA) is 63.8 Å². The van der Waals surface area contributed by atoms with Crippen LogP contribution in [0.5, 0.6) is 0 Å². The summed E-state index contributed by atoms with van der Waals surface area (Å²) in [4.78, 5) is 19.8. The molecule has 0 amide bonds. The number of rotatable bonds is 0. The Morgan fingerprint density at radius 1 is 0.690 bits per heavy atom. The maximum atomic E-state index is 4.96. The zero-order valence-corrected chi connectivity index (χ0v) is 19.0. The van der Waals surface area contributed by atoms with Crippen molar-refractivity contribution >= 4 is 0 Å². The van der Waals surface area contributed by atoms with Crippen molar-refractivity contribution in [2.45, 2.75) is 38.5 Å². The number of nitrogens with zero attached hydrogens (tertiary/aromatic N) is 6. The van der Waals surface area contributed by atoms with E-state index in [9.17, 15) is 0 Å². The normalized spacial score (nSPS) is 16.2. The van der Waals surface area contributed by atoms with E-state index in [-0.39, 0.29) is 31.3 Å². The van der Waals surface area contributed by atoms with Crippen molar-refractivity contribution in [2.75, 3.05) is 0 Å². The molecule has 1 aliphatic heterocycles. The fourth-order valence-corrected chi connectivity index (χ4v) is 3.94. The first-order chi connectivity index (χ1) is 13.2. The van der Waals surface area contributed by atoms with Gasteiger partial charge in [0.2, 0.25) is 0 Å². The second kappa shape index (κ2) is 6.32. The summed E-state index contributed by atoms with van der Waals surface area (Å²) in [6.07, 6.45) is 4.17. The molecule has 0 saturated heterocycles. The van der Waals surface area contributed by atoms with E-state index in [2.05, 4.69) is 73.5 Å². The summed E-state index contributed by atoms with van der Waals surface area (Å²) < 4.78 is 4.11. The van der Waals surface area contributed by atoms with Crippen molar-refractivity contribution < 1.29 is 20.4 Å². The summed E-state index contributed by atoms with van der Waals surface area (Å²) in [5, 5.41) is 0. The van der Waals surface area contributed by atoms with Crippen molar-refractivity contribution in [3.05, 3.63) is 59.4 Å². The number of fused-ring (bicyclic) bond motifs is 10. The summed E-state index contributed by atoms with van der Waals surface area (Å²) in [7, 11) is 4.04. The van der Waals surface area contributed by atoms with E-state index < -0.39 is 0 Å². The minimum Gasteiger partial charge on any atom is -0.658 e. The van der Waals surface area contributed by atoms with E-state index >= 15 is 0 Å². The first kappa shape index (κ1) is 19.9. The number of hydrogen-bond acceptors (Lipinski definition) is 2. The second-order valence-corrected chi connectivity index (χ2v) is 8.80. The molecule has 0 aliphatic carbocycles. The molecule has 4 aromatic rings. The van der Waals surface area contributed by atoms with Gasteiger partial charge in [0.1, 0.15) is 11.6 Å². The zero-order valence-electron chi connectivity index (χ0n) is 17.5. The average Bonchev–Trinajstić information content (AvgIpc) is 3.39. The molecule has 4 aromatic heterocycles. The largest absolute Gasteiger partial charge is 2.00 e. The van der Waals surface area contributed by atoms with Gasteiger partial charge in [0.25, 0.3) is 0 Å².